The standard InChI is InChI=1S/C3H3BrF2O2/c4-2-1-7-3(5,6)8-2/h2H,1H2. The lowest BCUT2D eigenvalue weighted by molar-refractivity contribution is -0.341. The lowest BCUT2D eigenvalue weighted by Crippen LogP contribution is -2.15. The molecule has 0 bridgehead atoms. The van der Waals surface area contributed by atoms with Crippen LogP contribution in [0, 0.1) is 0 Å². The molecule has 0 amide bonds. The lowest BCUT2D eigenvalue weighted by Gasteiger charge is -2.03. The molecule has 0 aromatic heterocycles. The van der Waals surface area contributed by atoms with Crippen LogP contribution in [0.5, 0.6) is 0 Å². The van der Waals surface area contributed by atoms with Gasteiger partial charge in [-0.2, -0.15) is 0 Å². The fraction of sp³-hybridized carbons (Fsp3) is 1.00. The molecule has 48 valence electrons. The summed E-state index contributed by atoms with van der Waals surface area (Å²) < 4.78 is 31.2. The van der Waals surface area contributed by atoms with Gasteiger partial charge in [-0.15, -0.1) is 8.78 Å². The van der Waals surface area contributed by atoms with Gasteiger partial charge in [0.15, 0.2) is 0 Å². The molecule has 1 fully saturated rings. The van der Waals surface area contributed by atoms with Crippen molar-refractivity contribution in [3.8, 4) is 0 Å². The van der Waals surface area contributed by atoms with Crippen LogP contribution in [-0.4, -0.2) is 17.9 Å². The van der Waals surface area contributed by atoms with Crippen LogP contribution in [0.4, 0.5) is 8.78 Å². The monoisotopic (exact) mass is 188 g/mol. The molecule has 1 aliphatic heterocycles. The largest absolute Gasteiger partial charge is 0.486 e. The second-order valence-corrected chi connectivity index (χ2v) is 2.32. The highest BCUT2D eigenvalue weighted by atomic mass is 79.9. The van der Waals surface area contributed by atoms with Crippen LogP contribution in [0.1, 0.15) is 0 Å². The molecule has 2 nitrogen and oxygen atoms in total. The van der Waals surface area contributed by atoms with Gasteiger partial charge in [0.2, 0.25) is 0 Å². The van der Waals surface area contributed by atoms with E-state index in [1.165, 1.54) is 0 Å². The summed E-state index contributed by atoms with van der Waals surface area (Å²) in [6.07, 6.45) is -3.38. The minimum atomic E-state index is -3.38. The highest BCUT2D eigenvalue weighted by molar-refractivity contribution is 9.09. The summed E-state index contributed by atoms with van der Waals surface area (Å²) in [5.41, 5.74) is 0. The molecule has 1 saturated heterocycles. The highest BCUT2D eigenvalue weighted by Crippen LogP contribution is 2.28. The third-order valence-corrected chi connectivity index (χ3v) is 1.10. The molecule has 1 aliphatic rings. The quantitative estimate of drug-likeness (QED) is 0.534. The summed E-state index contributed by atoms with van der Waals surface area (Å²) in [4.78, 5) is 0. The Balaban J connectivity index is 2.44. The van der Waals surface area contributed by atoms with Crippen LogP contribution in [0.25, 0.3) is 0 Å². The van der Waals surface area contributed by atoms with Crippen LogP contribution in [0.2, 0.25) is 0 Å². The van der Waals surface area contributed by atoms with E-state index in [2.05, 4.69) is 25.4 Å². The summed E-state index contributed by atoms with van der Waals surface area (Å²) in [7, 11) is 0. The van der Waals surface area contributed by atoms with Gasteiger partial charge >= 0.3 is 6.29 Å². The number of ether oxygens (including phenoxy) is 2. The van der Waals surface area contributed by atoms with Crippen LogP contribution in [0.15, 0.2) is 0 Å². The summed E-state index contributed by atoms with van der Waals surface area (Å²) in [6.45, 7) is -0.104. The van der Waals surface area contributed by atoms with Crippen molar-refractivity contribution in [3.63, 3.8) is 0 Å². The minimum absolute atomic E-state index is 0.104. The average Bonchev–Trinajstić information content (AvgIpc) is 1.82. The summed E-state index contributed by atoms with van der Waals surface area (Å²) in [5, 5.41) is -0.669. The van der Waals surface area contributed by atoms with Crippen molar-refractivity contribution in [2.24, 2.45) is 0 Å². The van der Waals surface area contributed by atoms with Gasteiger partial charge in [-0.25, -0.2) is 0 Å². The van der Waals surface area contributed by atoms with E-state index in [0.29, 0.717) is 0 Å². The molecule has 0 saturated carbocycles. The van der Waals surface area contributed by atoms with Gasteiger partial charge in [0, 0.05) is 0 Å². The molecular formula is C3H3BrF2O2. The van der Waals surface area contributed by atoms with E-state index in [4.69, 9.17) is 0 Å². The molecule has 0 aromatic carbocycles. The maximum atomic E-state index is 11.7. The predicted octanol–water partition coefficient (Wildman–Crippen LogP) is 1.30. The molecule has 0 radical (unpaired) electrons. The first kappa shape index (κ1) is 6.38. The van der Waals surface area contributed by atoms with Gasteiger partial charge < -0.3 is 0 Å². The predicted molar refractivity (Wildman–Crippen MR) is 24.7 cm³/mol. The summed E-state index contributed by atoms with van der Waals surface area (Å²) >= 11 is 2.79. The first-order valence-corrected chi connectivity index (χ1v) is 2.85. The maximum absolute atomic E-state index is 11.7. The topological polar surface area (TPSA) is 18.5 Å². The molecule has 0 spiro atoms. The van der Waals surface area contributed by atoms with Gasteiger partial charge in [0.1, 0.15) is 5.01 Å². The number of hydrogen-bond donors (Lipinski definition) is 0. The molecule has 1 rings (SSSR count). The zero-order valence-corrected chi connectivity index (χ0v) is 5.32. The smallest absolute Gasteiger partial charge is 0.292 e. The average molecular weight is 189 g/mol. The van der Waals surface area contributed by atoms with Gasteiger partial charge in [0.05, 0.1) is 6.61 Å². The second kappa shape index (κ2) is 1.89. The van der Waals surface area contributed by atoms with Crippen molar-refractivity contribution in [1.82, 2.24) is 0 Å². The summed E-state index contributed by atoms with van der Waals surface area (Å²) in [6, 6.07) is 0. The van der Waals surface area contributed by atoms with Gasteiger partial charge in [-0.1, -0.05) is 15.9 Å². The Bertz CT molecular complexity index is 97.3. The Morgan fingerprint density at radius 3 is 2.38 bits per heavy atom. The molecule has 8 heavy (non-hydrogen) atoms. The fourth-order valence-electron chi connectivity index (χ4n) is 0.379. The molecule has 0 N–H and O–H groups in total. The van der Waals surface area contributed by atoms with Crippen LogP contribution in [0.3, 0.4) is 0 Å². The SMILES string of the molecule is FC1(F)OCC(Br)O1. The van der Waals surface area contributed by atoms with Crippen LogP contribution >= 0.6 is 15.9 Å². The number of halogens is 3. The van der Waals surface area contributed by atoms with Gasteiger partial charge in [0.25, 0.3) is 0 Å². The van der Waals surface area contributed by atoms with Crippen molar-refractivity contribution < 1.29 is 18.3 Å². The molecule has 1 atom stereocenters. The highest BCUT2D eigenvalue weighted by Gasteiger charge is 2.41. The van der Waals surface area contributed by atoms with Crippen LogP contribution in [-0.2, 0) is 9.47 Å². The zero-order valence-electron chi connectivity index (χ0n) is 3.73. The lowest BCUT2D eigenvalue weighted by atomic mass is 10.8. The van der Waals surface area contributed by atoms with Crippen molar-refractivity contribution >= 4 is 15.9 Å². The van der Waals surface area contributed by atoms with Gasteiger partial charge in [-0.3, -0.25) is 9.47 Å². The Kier molecular flexibility index (Phi) is 1.51. The molecule has 1 heterocycles. The van der Waals surface area contributed by atoms with Gasteiger partial charge in [-0.05, 0) is 0 Å². The Morgan fingerprint density at radius 1 is 1.62 bits per heavy atom. The number of hydrogen-bond acceptors (Lipinski definition) is 2. The summed E-state index contributed by atoms with van der Waals surface area (Å²) in [5.74, 6) is 0. The maximum Gasteiger partial charge on any atom is 0.486 e. The molecule has 0 aromatic rings. The third kappa shape index (κ3) is 1.37. The minimum Gasteiger partial charge on any atom is -0.292 e. The van der Waals surface area contributed by atoms with E-state index < -0.39 is 11.3 Å². The fourth-order valence-corrected chi connectivity index (χ4v) is 0.729. The van der Waals surface area contributed by atoms with E-state index >= 15 is 0 Å². The number of rotatable bonds is 0. The Morgan fingerprint density at radius 2 is 2.25 bits per heavy atom. The molecule has 0 aliphatic carbocycles. The van der Waals surface area contributed by atoms with E-state index in [9.17, 15) is 8.78 Å². The third-order valence-electron chi connectivity index (χ3n) is 0.647. The normalized spacial score (nSPS) is 35.6. The van der Waals surface area contributed by atoms with E-state index in [0.717, 1.165) is 0 Å². The Hall–Kier alpha value is 0.260. The first-order chi connectivity index (χ1) is 3.60. The first-order valence-electron chi connectivity index (χ1n) is 1.94. The zero-order chi connectivity index (χ0) is 6.20. The van der Waals surface area contributed by atoms with Crippen LogP contribution < -0.4 is 0 Å². The Labute approximate surface area is 52.9 Å². The molecular weight excluding hydrogens is 186 g/mol. The van der Waals surface area contributed by atoms with E-state index in [-0.39, 0.29) is 6.61 Å². The van der Waals surface area contributed by atoms with E-state index in [1.54, 1.807) is 0 Å². The molecule has 1 unspecified atom stereocenters. The van der Waals surface area contributed by atoms with Crippen molar-refractivity contribution in [1.29, 1.82) is 0 Å². The molecule has 5 heteroatoms. The second-order valence-electron chi connectivity index (χ2n) is 1.30. The van der Waals surface area contributed by atoms with Crippen molar-refractivity contribution in [2.45, 2.75) is 11.3 Å². The van der Waals surface area contributed by atoms with Crippen molar-refractivity contribution in [3.05, 3.63) is 0 Å². The van der Waals surface area contributed by atoms with E-state index in [1.807, 2.05) is 0 Å². The number of alkyl halides is 3. The van der Waals surface area contributed by atoms with Crippen molar-refractivity contribution in [2.75, 3.05) is 6.61 Å².